The van der Waals surface area contributed by atoms with Crippen molar-refractivity contribution in [2.75, 3.05) is 12.3 Å². The highest BCUT2D eigenvalue weighted by Crippen LogP contribution is 2.22. The maximum absolute atomic E-state index is 12.0. The van der Waals surface area contributed by atoms with Gasteiger partial charge in [0.25, 0.3) is 5.91 Å². The van der Waals surface area contributed by atoms with E-state index in [2.05, 4.69) is 5.32 Å². The molecule has 1 amide bonds. The number of nitrogens with one attached hydrogen (secondary N) is 1. The van der Waals surface area contributed by atoms with Crippen LogP contribution in [0.1, 0.15) is 24.2 Å². The third kappa shape index (κ3) is 4.93. The highest BCUT2D eigenvalue weighted by molar-refractivity contribution is 7.99. The number of nitriles is 1. The van der Waals surface area contributed by atoms with Crippen LogP contribution in [-0.4, -0.2) is 29.4 Å². The Labute approximate surface area is 117 Å². The summed E-state index contributed by atoms with van der Waals surface area (Å²) < 4.78 is 0. The van der Waals surface area contributed by atoms with Gasteiger partial charge in [0.1, 0.15) is 0 Å². The molecular formula is C14H18N2O2S. The predicted octanol–water partition coefficient (Wildman–Crippen LogP) is 2.05. The van der Waals surface area contributed by atoms with Crippen LogP contribution in [0.25, 0.3) is 0 Å². The number of hydrogen-bond donors (Lipinski definition) is 2. The van der Waals surface area contributed by atoms with Gasteiger partial charge in [-0.15, -0.1) is 11.8 Å². The van der Waals surface area contributed by atoms with Gasteiger partial charge in [0.05, 0.1) is 23.5 Å². The SMILES string of the molecule is CC(C)C(O)CNC(=O)c1ccccc1SCC#N. The number of amides is 1. The van der Waals surface area contributed by atoms with Crippen molar-refractivity contribution in [1.82, 2.24) is 5.32 Å². The molecule has 0 aromatic heterocycles. The van der Waals surface area contributed by atoms with Gasteiger partial charge < -0.3 is 10.4 Å². The van der Waals surface area contributed by atoms with E-state index in [1.807, 2.05) is 32.0 Å². The first kappa shape index (κ1) is 15.5. The summed E-state index contributed by atoms with van der Waals surface area (Å²) in [4.78, 5) is 12.8. The molecule has 0 fully saturated rings. The first-order valence-electron chi connectivity index (χ1n) is 6.11. The van der Waals surface area contributed by atoms with E-state index in [0.29, 0.717) is 11.3 Å². The van der Waals surface area contributed by atoms with Gasteiger partial charge in [-0.2, -0.15) is 5.26 Å². The fraction of sp³-hybridized carbons (Fsp3) is 0.429. The van der Waals surface area contributed by atoms with E-state index in [1.54, 1.807) is 12.1 Å². The molecular weight excluding hydrogens is 260 g/mol. The zero-order valence-electron chi connectivity index (χ0n) is 11.1. The van der Waals surface area contributed by atoms with Crippen molar-refractivity contribution >= 4 is 17.7 Å². The van der Waals surface area contributed by atoms with Gasteiger partial charge in [0.15, 0.2) is 0 Å². The van der Waals surface area contributed by atoms with Crippen LogP contribution in [0.15, 0.2) is 29.2 Å². The molecule has 19 heavy (non-hydrogen) atoms. The van der Waals surface area contributed by atoms with E-state index in [9.17, 15) is 9.90 Å². The topological polar surface area (TPSA) is 73.1 Å². The van der Waals surface area contributed by atoms with E-state index in [1.165, 1.54) is 11.8 Å². The molecule has 0 bridgehead atoms. The van der Waals surface area contributed by atoms with Gasteiger partial charge in [0.2, 0.25) is 0 Å². The second-order valence-corrected chi connectivity index (χ2v) is 5.48. The zero-order chi connectivity index (χ0) is 14.3. The summed E-state index contributed by atoms with van der Waals surface area (Å²) in [5.74, 6) is 0.183. The summed E-state index contributed by atoms with van der Waals surface area (Å²) in [6.45, 7) is 4.02. The standard InChI is InChI=1S/C14H18N2O2S/c1-10(2)12(17)9-16-14(18)11-5-3-4-6-13(11)19-8-7-15/h3-6,10,12,17H,8-9H2,1-2H3,(H,16,18). The summed E-state index contributed by atoms with van der Waals surface area (Å²) in [5.41, 5.74) is 0.540. The molecule has 0 saturated carbocycles. The Morgan fingerprint density at radius 1 is 1.47 bits per heavy atom. The lowest BCUT2D eigenvalue weighted by Gasteiger charge is -2.15. The van der Waals surface area contributed by atoms with Gasteiger partial charge in [-0.05, 0) is 18.1 Å². The highest BCUT2D eigenvalue weighted by Gasteiger charge is 2.14. The second-order valence-electron chi connectivity index (χ2n) is 4.46. The van der Waals surface area contributed by atoms with Crippen LogP contribution in [0.2, 0.25) is 0 Å². The molecule has 1 unspecified atom stereocenters. The van der Waals surface area contributed by atoms with Crippen molar-refractivity contribution < 1.29 is 9.90 Å². The Bertz CT molecular complexity index is 469. The van der Waals surface area contributed by atoms with Gasteiger partial charge >= 0.3 is 0 Å². The van der Waals surface area contributed by atoms with Crippen LogP contribution < -0.4 is 5.32 Å². The summed E-state index contributed by atoms with van der Waals surface area (Å²) in [5, 5.41) is 21.0. The minimum absolute atomic E-state index is 0.100. The smallest absolute Gasteiger partial charge is 0.252 e. The number of carbonyl (C=O) groups is 1. The monoisotopic (exact) mass is 278 g/mol. The predicted molar refractivity (Wildman–Crippen MR) is 76.0 cm³/mol. The number of thioether (sulfide) groups is 1. The summed E-state index contributed by atoms with van der Waals surface area (Å²) >= 11 is 1.33. The largest absolute Gasteiger partial charge is 0.391 e. The number of benzene rings is 1. The normalized spacial score (nSPS) is 11.9. The number of aliphatic hydroxyl groups excluding tert-OH is 1. The van der Waals surface area contributed by atoms with Crippen molar-refractivity contribution in [1.29, 1.82) is 5.26 Å². The lowest BCUT2D eigenvalue weighted by Crippen LogP contribution is -2.34. The molecule has 102 valence electrons. The minimum Gasteiger partial charge on any atom is -0.391 e. The molecule has 0 aliphatic carbocycles. The molecule has 0 aliphatic heterocycles. The van der Waals surface area contributed by atoms with Gasteiger partial charge in [-0.3, -0.25) is 4.79 Å². The third-order valence-corrected chi connectivity index (χ3v) is 3.61. The van der Waals surface area contributed by atoms with Crippen LogP contribution in [0.5, 0.6) is 0 Å². The maximum atomic E-state index is 12.0. The van der Waals surface area contributed by atoms with Crippen molar-refractivity contribution in [2.24, 2.45) is 5.92 Å². The van der Waals surface area contributed by atoms with E-state index in [0.717, 1.165) is 4.90 Å². The maximum Gasteiger partial charge on any atom is 0.252 e. The summed E-state index contributed by atoms with van der Waals surface area (Å²) in [7, 11) is 0. The Morgan fingerprint density at radius 3 is 2.79 bits per heavy atom. The molecule has 0 aliphatic rings. The second kappa shape index (κ2) is 7.82. The molecule has 1 rings (SSSR count). The molecule has 1 atom stereocenters. The number of hydrogen-bond acceptors (Lipinski definition) is 4. The lowest BCUT2D eigenvalue weighted by molar-refractivity contribution is 0.0869. The third-order valence-electron chi connectivity index (χ3n) is 2.67. The highest BCUT2D eigenvalue weighted by atomic mass is 32.2. The molecule has 0 heterocycles. The van der Waals surface area contributed by atoms with Gasteiger partial charge in [-0.1, -0.05) is 26.0 Å². The first-order chi connectivity index (χ1) is 9.06. The van der Waals surface area contributed by atoms with Crippen molar-refractivity contribution in [3.05, 3.63) is 29.8 Å². The molecule has 0 saturated heterocycles. The number of nitrogens with zero attached hydrogens (tertiary/aromatic N) is 1. The fourth-order valence-corrected chi connectivity index (χ4v) is 2.13. The molecule has 1 aromatic carbocycles. The fourth-order valence-electron chi connectivity index (χ4n) is 1.42. The van der Waals surface area contributed by atoms with Crippen molar-refractivity contribution in [2.45, 2.75) is 24.8 Å². The Balaban J connectivity index is 2.69. The van der Waals surface area contributed by atoms with Crippen LogP contribution in [0, 0.1) is 17.2 Å². The van der Waals surface area contributed by atoms with Crippen LogP contribution >= 0.6 is 11.8 Å². The van der Waals surface area contributed by atoms with E-state index >= 15 is 0 Å². The summed E-state index contributed by atoms with van der Waals surface area (Å²) in [6, 6.07) is 9.19. The van der Waals surface area contributed by atoms with Crippen LogP contribution in [0.3, 0.4) is 0 Å². The Morgan fingerprint density at radius 2 is 2.16 bits per heavy atom. The van der Waals surface area contributed by atoms with E-state index in [4.69, 9.17) is 5.26 Å². The molecule has 0 spiro atoms. The van der Waals surface area contributed by atoms with Gasteiger partial charge in [-0.25, -0.2) is 0 Å². The average molecular weight is 278 g/mol. The first-order valence-corrected chi connectivity index (χ1v) is 7.10. The van der Waals surface area contributed by atoms with Crippen LogP contribution in [0.4, 0.5) is 0 Å². The molecule has 5 heteroatoms. The lowest BCUT2D eigenvalue weighted by atomic mass is 10.1. The van der Waals surface area contributed by atoms with Gasteiger partial charge in [0, 0.05) is 11.4 Å². The zero-order valence-corrected chi connectivity index (χ0v) is 11.9. The molecule has 0 radical (unpaired) electrons. The minimum atomic E-state index is -0.553. The van der Waals surface area contributed by atoms with Crippen molar-refractivity contribution in [3.63, 3.8) is 0 Å². The number of aliphatic hydroxyl groups is 1. The quantitative estimate of drug-likeness (QED) is 0.781. The van der Waals surface area contributed by atoms with Crippen LogP contribution in [-0.2, 0) is 0 Å². The molecule has 2 N–H and O–H groups in total. The Kier molecular flexibility index (Phi) is 6.40. The van der Waals surface area contributed by atoms with E-state index < -0.39 is 6.10 Å². The summed E-state index contributed by atoms with van der Waals surface area (Å²) in [6.07, 6.45) is -0.553. The van der Waals surface area contributed by atoms with Crippen molar-refractivity contribution in [3.8, 4) is 6.07 Å². The Hall–Kier alpha value is -1.51. The number of carbonyl (C=O) groups excluding carboxylic acids is 1. The molecule has 4 nitrogen and oxygen atoms in total. The number of rotatable bonds is 6. The average Bonchev–Trinajstić information content (AvgIpc) is 2.42. The molecule has 1 aromatic rings. The van der Waals surface area contributed by atoms with E-state index in [-0.39, 0.29) is 18.4 Å².